The predicted molar refractivity (Wildman–Crippen MR) is 191 cm³/mol. The van der Waals surface area contributed by atoms with Gasteiger partial charge in [-0.15, -0.1) is 0 Å². The van der Waals surface area contributed by atoms with Crippen molar-refractivity contribution in [2.45, 2.75) is 51.5 Å². The molecule has 0 spiro atoms. The zero-order valence-electron chi connectivity index (χ0n) is 28.3. The summed E-state index contributed by atoms with van der Waals surface area (Å²) in [7, 11) is 0. The first kappa shape index (κ1) is 37.0. The third-order valence-electron chi connectivity index (χ3n) is 8.51. The lowest BCUT2D eigenvalue weighted by Crippen LogP contribution is -2.48. The van der Waals surface area contributed by atoms with Crippen LogP contribution in [-0.4, -0.2) is 91.6 Å². The van der Waals surface area contributed by atoms with Gasteiger partial charge >= 0.3 is 0 Å². The average molecular weight is 669 g/mol. The van der Waals surface area contributed by atoms with E-state index in [1.165, 1.54) is 0 Å². The molecule has 0 aromatic heterocycles. The molecule has 1 fully saturated rings. The molecule has 1 heterocycles. The maximum Gasteiger partial charge on any atom is 0.243 e. The van der Waals surface area contributed by atoms with Crippen LogP contribution >= 0.6 is 0 Å². The van der Waals surface area contributed by atoms with E-state index in [4.69, 9.17) is 0 Å². The summed E-state index contributed by atoms with van der Waals surface area (Å²) in [6.45, 7) is 6.61. The standard InChI is InChI=1S/C38H48N6O5/c1-29-10-14-32(15-11-29)40-36(47)18-21-43-23-25-44(26-24-43)22-19-37(48)41-33-16-12-31(13-17-33)28-34(38(49)39-20-27-45)42-35(46)9-5-8-30-6-3-2-4-7-30/h2-4,6-7,10-17,27,34H,5,8-9,18-26,28H2,1H3,(H,39,49)(H,40,47)(H,41,48)(H,42,46). The van der Waals surface area contributed by atoms with E-state index in [-0.39, 0.29) is 37.1 Å². The number of hydrogen-bond acceptors (Lipinski definition) is 7. The number of anilines is 2. The molecule has 1 aliphatic rings. The lowest BCUT2D eigenvalue weighted by Gasteiger charge is -2.34. The Morgan fingerprint density at radius 2 is 1.24 bits per heavy atom. The lowest BCUT2D eigenvalue weighted by molar-refractivity contribution is -0.129. The molecule has 1 atom stereocenters. The summed E-state index contributed by atoms with van der Waals surface area (Å²) in [5.74, 6) is -0.733. The molecule has 3 aromatic rings. The Bertz CT molecular complexity index is 1510. The Morgan fingerprint density at radius 1 is 0.694 bits per heavy atom. The largest absolute Gasteiger partial charge is 0.348 e. The second-order valence-corrected chi connectivity index (χ2v) is 12.4. The van der Waals surface area contributed by atoms with Crippen molar-refractivity contribution in [3.63, 3.8) is 0 Å². The molecule has 4 N–H and O–H groups in total. The molecular weight excluding hydrogens is 620 g/mol. The van der Waals surface area contributed by atoms with Crippen molar-refractivity contribution >= 4 is 41.3 Å². The van der Waals surface area contributed by atoms with Crippen LogP contribution in [0.1, 0.15) is 42.4 Å². The van der Waals surface area contributed by atoms with Gasteiger partial charge in [0.15, 0.2) is 0 Å². The number of carbonyl (C=O) groups is 5. The molecule has 4 amide bonds. The van der Waals surface area contributed by atoms with Crippen LogP contribution in [0.2, 0.25) is 0 Å². The Labute approximate surface area is 288 Å². The minimum absolute atomic E-state index is 0.00724. The van der Waals surface area contributed by atoms with Gasteiger partial charge in [-0.3, -0.25) is 19.2 Å². The molecule has 3 aromatic carbocycles. The van der Waals surface area contributed by atoms with Gasteiger partial charge in [0.05, 0.1) is 6.54 Å². The summed E-state index contributed by atoms with van der Waals surface area (Å²) < 4.78 is 0. The fraction of sp³-hybridized carbons (Fsp3) is 0.395. The number of aryl methyl sites for hydroxylation is 2. The van der Waals surface area contributed by atoms with Crippen LogP contribution in [0.4, 0.5) is 11.4 Å². The first-order valence-electron chi connectivity index (χ1n) is 17.0. The van der Waals surface area contributed by atoms with E-state index in [2.05, 4.69) is 31.1 Å². The molecule has 0 radical (unpaired) electrons. The number of rotatable bonds is 18. The maximum atomic E-state index is 12.7. The topological polar surface area (TPSA) is 140 Å². The Balaban J connectivity index is 1.14. The van der Waals surface area contributed by atoms with Gasteiger partial charge in [-0.2, -0.15) is 0 Å². The van der Waals surface area contributed by atoms with Crippen molar-refractivity contribution in [1.29, 1.82) is 0 Å². The Morgan fingerprint density at radius 3 is 1.80 bits per heavy atom. The summed E-state index contributed by atoms with van der Waals surface area (Å²) in [6, 6.07) is 24.0. The van der Waals surface area contributed by atoms with Gasteiger partial charge in [0.25, 0.3) is 0 Å². The summed E-state index contributed by atoms with van der Waals surface area (Å²) >= 11 is 0. The zero-order chi connectivity index (χ0) is 34.8. The SMILES string of the molecule is Cc1ccc(NC(=O)CCN2CCN(CCC(=O)Nc3ccc(CC(NC(=O)CCCc4ccccc4)C(=O)NCC=O)cc3)CC2)cc1. The van der Waals surface area contributed by atoms with Crippen LogP contribution in [-0.2, 0) is 36.8 Å². The van der Waals surface area contributed by atoms with E-state index in [0.29, 0.717) is 44.3 Å². The fourth-order valence-electron chi connectivity index (χ4n) is 5.64. The minimum atomic E-state index is -0.832. The third-order valence-corrected chi connectivity index (χ3v) is 8.51. The van der Waals surface area contributed by atoms with Gasteiger partial charge in [0, 0.05) is 76.3 Å². The van der Waals surface area contributed by atoms with E-state index >= 15 is 0 Å². The van der Waals surface area contributed by atoms with E-state index in [0.717, 1.165) is 55.0 Å². The van der Waals surface area contributed by atoms with Crippen LogP contribution < -0.4 is 21.3 Å². The quantitative estimate of drug-likeness (QED) is 0.153. The van der Waals surface area contributed by atoms with Crippen LogP contribution in [0.5, 0.6) is 0 Å². The normalized spacial score (nSPS) is 14.0. The monoisotopic (exact) mass is 668 g/mol. The molecule has 1 saturated heterocycles. The number of nitrogens with one attached hydrogen (secondary N) is 4. The van der Waals surface area contributed by atoms with E-state index < -0.39 is 11.9 Å². The van der Waals surface area contributed by atoms with Gasteiger partial charge in [-0.05, 0) is 55.2 Å². The predicted octanol–water partition coefficient (Wildman–Crippen LogP) is 3.34. The number of aldehydes is 1. The van der Waals surface area contributed by atoms with E-state index in [1.807, 2.05) is 73.7 Å². The highest BCUT2D eigenvalue weighted by molar-refractivity contribution is 5.91. The maximum absolute atomic E-state index is 12.7. The number of carbonyl (C=O) groups excluding carboxylic acids is 5. The van der Waals surface area contributed by atoms with Gasteiger partial charge < -0.3 is 35.9 Å². The first-order chi connectivity index (χ1) is 23.8. The first-order valence-corrected chi connectivity index (χ1v) is 17.0. The zero-order valence-corrected chi connectivity index (χ0v) is 28.3. The van der Waals surface area contributed by atoms with Crippen molar-refractivity contribution in [2.75, 3.05) is 56.4 Å². The summed E-state index contributed by atoms with van der Waals surface area (Å²) in [5, 5.41) is 11.2. The van der Waals surface area contributed by atoms with E-state index in [9.17, 15) is 24.0 Å². The number of nitrogens with zero attached hydrogens (tertiary/aromatic N) is 2. The lowest BCUT2D eigenvalue weighted by atomic mass is 10.0. The van der Waals surface area contributed by atoms with Crippen molar-refractivity contribution < 1.29 is 24.0 Å². The molecule has 11 nitrogen and oxygen atoms in total. The third kappa shape index (κ3) is 13.6. The highest BCUT2D eigenvalue weighted by Gasteiger charge is 2.21. The van der Waals surface area contributed by atoms with Crippen LogP contribution in [0.25, 0.3) is 0 Å². The highest BCUT2D eigenvalue weighted by atomic mass is 16.2. The molecule has 1 unspecified atom stereocenters. The minimum Gasteiger partial charge on any atom is -0.348 e. The molecule has 0 aliphatic carbocycles. The number of amides is 4. The summed E-state index contributed by atoms with van der Waals surface area (Å²) in [5.41, 5.74) is 4.56. The molecule has 0 bridgehead atoms. The summed E-state index contributed by atoms with van der Waals surface area (Å²) in [6.07, 6.45) is 3.33. The second kappa shape index (κ2) is 19.8. The number of piperazine rings is 1. The van der Waals surface area contributed by atoms with Gasteiger partial charge in [0.2, 0.25) is 23.6 Å². The Hall–Kier alpha value is -4.87. The Kier molecular flexibility index (Phi) is 15.0. The summed E-state index contributed by atoms with van der Waals surface area (Å²) in [4.78, 5) is 65.8. The molecule has 260 valence electrons. The average Bonchev–Trinajstić information content (AvgIpc) is 3.11. The van der Waals surface area contributed by atoms with Crippen LogP contribution in [0, 0.1) is 6.92 Å². The molecule has 4 rings (SSSR count). The second-order valence-electron chi connectivity index (χ2n) is 12.4. The molecular formula is C38H48N6O5. The van der Waals surface area contributed by atoms with Gasteiger partial charge in [-0.1, -0.05) is 60.2 Å². The molecule has 0 saturated carbocycles. The van der Waals surface area contributed by atoms with Crippen LogP contribution in [0.15, 0.2) is 78.9 Å². The van der Waals surface area contributed by atoms with Gasteiger partial charge in [-0.25, -0.2) is 0 Å². The molecule has 49 heavy (non-hydrogen) atoms. The molecule has 11 heteroatoms. The van der Waals surface area contributed by atoms with E-state index in [1.54, 1.807) is 12.1 Å². The van der Waals surface area contributed by atoms with Crippen molar-refractivity contribution in [3.8, 4) is 0 Å². The highest BCUT2D eigenvalue weighted by Crippen LogP contribution is 2.14. The van der Waals surface area contributed by atoms with Gasteiger partial charge in [0.1, 0.15) is 12.3 Å². The smallest absolute Gasteiger partial charge is 0.243 e. The molecule has 1 aliphatic heterocycles. The van der Waals surface area contributed by atoms with Crippen molar-refractivity contribution in [1.82, 2.24) is 20.4 Å². The van der Waals surface area contributed by atoms with Crippen LogP contribution in [0.3, 0.4) is 0 Å². The fourth-order valence-corrected chi connectivity index (χ4v) is 5.64. The number of benzene rings is 3. The van der Waals surface area contributed by atoms with Crippen molar-refractivity contribution in [3.05, 3.63) is 95.6 Å². The van der Waals surface area contributed by atoms with Crippen molar-refractivity contribution in [2.24, 2.45) is 0 Å². The number of hydrogen-bond donors (Lipinski definition) is 4.